The molecule has 2 rings (SSSR count). The van der Waals surface area contributed by atoms with Crippen molar-refractivity contribution < 1.29 is 4.79 Å². The van der Waals surface area contributed by atoms with Gasteiger partial charge in [0, 0.05) is 25.2 Å². The van der Waals surface area contributed by atoms with Gasteiger partial charge >= 0.3 is 0 Å². The Labute approximate surface area is 91.9 Å². The molecule has 2 heterocycles. The van der Waals surface area contributed by atoms with E-state index in [0.29, 0.717) is 24.7 Å². The average Bonchev–Trinajstić information content (AvgIpc) is 2.60. The van der Waals surface area contributed by atoms with Crippen LogP contribution in [0.15, 0.2) is 17.1 Å². The summed E-state index contributed by atoms with van der Waals surface area (Å²) in [6, 6.07) is 1.32. The minimum absolute atomic E-state index is 0.0107. The molecule has 1 aliphatic rings. The van der Waals surface area contributed by atoms with E-state index in [9.17, 15) is 9.59 Å². The van der Waals surface area contributed by atoms with Gasteiger partial charge in [-0.05, 0) is 11.7 Å². The molecule has 80 valence electrons. The standard InChI is InChI=1S/C9H11N3O2S/c13-7-1-2-10-9(11-7)12-4-6(5-15)3-8(12)14/h1-2,6,15H,3-5H2,(H,10,11,13). The number of carbonyl (C=O) groups excluding carboxylic acids is 1. The first-order valence-corrected chi connectivity index (χ1v) is 5.30. The molecule has 1 aromatic rings. The van der Waals surface area contributed by atoms with Crippen molar-refractivity contribution >= 4 is 24.5 Å². The van der Waals surface area contributed by atoms with E-state index < -0.39 is 0 Å². The number of rotatable bonds is 2. The number of aromatic amines is 1. The molecule has 0 radical (unpaired) electrons. The molecule has 1 atom stereocenters. The number of nitrogens with one attached hydrogen (secondary N) is 1. The zero-order chi connectivity index (χ0) is 10.8. The van der Waals surface area contributed by atoms with E-state index >= 15 is 0 Å². The number of carbonyl (C=O) groups is 1. The highest BCUT2D eigenvalue weighted by Gasteiger charge is 2.30. The van der Waals surface area contributed by atoms with E-state index in [4.69, 9.17) is 0 Å². The van der Waals surface area contributed by atoms with E-state index in [1.807, 2.05) is 0 Å². The van der Waals surface area contributed by atoms with Crippen LogP contribution >= 0.6 is 12.6 Å². The number of anilines is 1. The largest absolute Gasteiger partial charge is 0.292 e. The van der Waals surface area contributed by atoms with Gasteiger partial charge in [-0.2, -0.15) is 12.6 Å². The van der Waals surface area contributed by atoms with Crippen LogP contribution in [0, 0.1) is 5.92 Å². The van der Waals surface area contributed by atoms with Gasteiger partial charge in [0.15, 0.2) is 0 Å². The molecule has 0 bridgehead atoms. The predicted octanol–water partition coefficient (Wildman–Crippen LogP) is 0.0526. The molecule has 1 aliphatic heterocycles. The highest BCUT2D eigenvalue weighted by Crippen LogP contribution is 2.21. The number of aromatic nitrogens is 2. The quantitative estimate of drug-likeness (QED) is 0.699. The highest BCUT2D eigenvalue weighted by atomic mass is 32.1. The summed E-state index contributed by atoms with van der Waals surface area (Å²) in [5.41, 5.74) is -0.248. The lowest BCUT2D eigenvalue weighted by molar-refractivity contribution is -0.117. The monoisotopic (exact) mass is 225 g/mol. The van der Waals surface area contributed by atoms with E-state index in [0.717, 1.165) is 0 Å². The summed E-state index contributed by atoms with van der Waals surface area (Å²) < 4.78 is 0. The molecular weight excluding hydrogens is 214 g/mol. The van der Waals surface area contributed by atoms with Crippen molar-refractivity contribution in [1.82, 2.24) is 9.97 Å². The van der Waals surface area contributed by atoms with Crippen molar-refractivity contribution in [2.75, 3.05) is 17.2 Å². The Morgan fingerprint density at radius 2 is 2.40 bits per heavy atom. The van der Waals surface area contributed by atoms with Crippen LogP contribution in [-0.4, -0.2) is 28.2 Å². The molecule has 0 saturated carbocycles. The summed E-state index contributed by atoms with van der Waals surface area (Å²) in [5, 5.41) is 0. The number of amides is 1. The second-order valence-electron chi connectivity index (χ2n) is 3.51. The van der Waals surface area contributed by atoms with E-state index in [1.165, 1.54) is 17.2 Å². The number of hydrogen-bond acceptors (Lipinski definition) is 4. The zero-order valence-electron chi connectivity index (χ0n) is 8.01. The second-order valence-corrected chi connectivity index (χ2v) is 3.88. The van der Waals surface area contributed by atoms with Gasteiger partial charge in [0.05, 0.1) is 0 Å². The van der Waals surface area contributed by atoms with Crippen LogP contribution in [0.25, 0.3) is 0 Å². The Morgan fingerprint density at radius 1 is 1.60 bits per heavy atom. The maximum Gasteiger partial charge on any atom is 0.252 e. The second kappa shape index (κ2) is 4.06. The smallest absolute Gasteiger partial charge is 0.252 e. The van der Waals surface area contributed by atoms with Gasteiger partial charge in [0.25, 0.3) is 5.56 Å². The molecule has 1 amide bonds. The third kappa shape index (κ3) is 2.04. The third-order valence-electron chi connectivity index (χ3n) is 2.38. The molecule has 15 heavy (non-hydrogen) atoms. The minimum Gasteiger partial charge on any atom is -0.292 e. The summed E-state index contributed by atoms with van der Waals surface area (Å²) in [6.45, 7) is 0.579. The fourth-order valence-corrected chi connectivity index (χ4v) is 1.85. The van der Waals surface area contributed by atoms with Gasteiger partial charge < -0.3 is 0 Å². The van der Waals surface area contributed by atoms with Gasteiger partial charge in [-0.25, -0.2) is 4.98 Å². The van der Waals surface area contributed by atoms with Crippen molar-refractivity contribution in [1.29, 1.82) is 0 Å². The van der Waals surface area contributed by atoms with Crippen molar-refractivity contribution in [2.24, 2.45) is 5.92 Å². The topological polar surface area (TPSA) is 66.1 Å². The van der Waals surface area contributed by atoms with Gasteiger partial charge in [0.1, 0.15) is 0 Å². The summed E-state index contributed by atoms with van der Waals surface area (Å²) in [7, 11) is 0. The van der Waals surface area contributed by atoms with Crippen molar-refractivity contribution in [3.63, 3.8) is 0 Å². The fourth-order valence-electron chi connectivity index (χ4n) is 1.61. The van der Waals surface area contributed by atoms with Gasteiger partial charge in [0.2, 0.25) is 11.9 Å². The summed E-state index contributed by atoms with van der Waals surface area (Å²) in [4.78, 5) is 30.6. The van der Waals surface area contributed by atoms with Crippen LogP contribution < -0.4 is 10.5 Å². The molecule has 5 nitrogen and oxygen atoms in total. The van der Waals surface area contributed by atoms with Crippen molar-refractivity contribution in [3.05, 3.63) is 22.6 Å². The zero-order valence-corrected chi connectivity index (χ0v) is 8.91. The molecule has 1 saturated heterocycles. The number of thiol groups is 1. The van der Waals surface area contributed by atoms with Crippen LogP contribution in [0.5, 0.6) is 0 Å². The maximum atomic E-state index is 11.6. The summed E-state index contributed by atoms with van der Waals surface area (Å²) in [6.07, 6.45) is 1.87. The Bertz CT molecular complexity index is 431. The third-order valence-corrected chi connectivity index (χ3v) is 2.89. The van der Waals surface area contributed by atoms with Gasteiger partial charge in [-0.15, -0.1) is 0 Å². The number of nitrogens with zero attached hydrogens (tertiary/aromatic N) is 2. The fraction of sp³-hybridized carbons (Fsp3) is 0.444. The molecule has 0 spiro atoms. The van der Waals surface area contributed by atoms with Gasteiger partial charge in [-0.1, -0.05) is 0 Å². The highest BCUT2D eigenvalue weighted by molar-refractivity contribution is 7.80. The number of H-pyrrole nitrogens is 1. The van der Waals surface area contributed by atoms with Crippen molar-refractivity contribution in [2.45, 2.75) is 6.42 Å². The molecule has 0 aliphatic carbocycles. The van der Waals surface area contributed by atoms with Crippen LogP contribution in [0.4, 0.5) is 5.95 Å². The molecule has 1 fully saturated rings. The molecule has 1 aromatic heterocycles. The Morgan fingerprint density at radius 3 is 3.00 bits per heavy atom. The van der Waals surface area contributed by atoms with E-state index in [1.54, 1.807) is 0 Å². The van der Waals surface area contributed by atoms with Crippen LogP contribution in [-0.2, 0) is 4.79 Å². The van der Waals surface area contributed by atoms with E-state index in [-0.39, 0.29) is 17.4 Å². The first-order valence-electron chi connectivity index (χ1n) is 4.67. The summed E-state index contributed by atoms with van der Waals surface area (Å²) in [5.74, 6) is 1.23. The van der Waals surface area contributed by atoms with Crippen LogP contribution in [0.3, 0.4) is 0 Å². The Balaban J connectivity index is 2.25. The normalized spacial score (nSPS) is 21.0. The average molecular weight is 225 g/mol. The molecular formula is C9H11N3O2S. The first-order chi connectivity index (χ1) is 7.20. The van der Waals surface area contributed by atoms with Gasteiger partial charge in [-0.3, -0.25) is 19.5 Å². The summed E-state index contributed by atoms with van der Waals surface area (Å²) >= 11 is 4.16. The SMILES string of the molecule is O=C1CC(CS)CN1c1nccc(=O)[nH]1. The lowest BCUT2D eigenvalue weighted by Crippen LogP contribution is -2.28. The number of hydrogen-bond donors (Lipinski definition) is 2. The Hall–Kier alpha value is -1.30. The molecule has 1 unspecified atom stereocenters. The first kappa shape index (κ1) is 10.2. The Kier molecular flexibility index (Phi) is 2.77. The van der Waals surface area contributed by atoms with Crippen LogP contribution in [0.1, 0.15) is 6.42 Å². The lowest BCUT2D eigenvalue weighted by Gasteiger charge is -2.13. The maximum absolute atomic E-state index is 11.6. The molecule has 0 aromatic carbocycles. The predicted molar refractivity (Wildman–Crippen MR) is 59.2 cm³/mol. The molecule has 6 heteroatoms. The molecule has 1 N–H and O–H groups in total. The van der Waals surface area contributed by atoms with E-state index in [2.05, 4.69) is 22.6 Å². The lowest BCUT2D eigenvalue weighted by atomic mass is 10.1. The minimum atomic E-state index is -0.248. The van der Waals surface area contributed by atoms with Crippen molar-refractivity contribution in [3.8, 4) is 0 Å². The van der Waals surface area contributed by atoms with Crippen LogP contribution in [0.2, 0.25) is 0 Å².